The molecule has 0 spiro atoms. The van der Waals surface area contributed by atoms with Gasteiger partial charge in [0, 0.05) is 55.3 Å². The second-order valence-electron chi connectivity index (χ2n) is 16.2. The van der Waals surface area contributed by atoms with E-state index in [1.54, 1.807) is 6.92 Å². The number of carbonyl (C=O) groups excluding carboxylic acids is 5. The topological polar surface area (TPSA) is 175 Å². The Morgan fingerprint density at radius 2 is 1.48 bits per heavy atom. The first-order valence-electron chi connectivity index (χ1n) is 16.6. The van der Waals surface area contributed by atoms with Crippen LogP contribution in [0.2, 0.25) is 0 Å². The number of hydrogen-bond acceptors (Lipinski definition) is 12. The van der Waals surface area contributed by atoms with Crippen molar-refractivity contribution in [3.63, 3.8) is 0 Å². The Morgan fingerprint density at radius 1 is 0.848 bits per heavy atom. The minimum atomic E-state index is -1.93. The number of ketones is 1. The van der Waals surface area contributed by atoms with Crippen molar-refractivity contribution >= 4 is 29.7 Å². The van der Waals surface area contributed by atoms with Gasteiger partial charge in [-0.1, -0.05) is 27.7 Å². The van der Waals surface area contributed by atoms with Crippen molar-refractivity contribution in [3.05, 3.63) is 0 Å². The van der Waals surface area contributed by atoms with Gasteiger partial charge in [-0.3, -0.25) is 19.2 Å². The van der Waals surface area contributed by atoms with Gasteiger partial charge in [0.2, 0.25) is 0 Å². The van der Waals surface area contributed by atoms with Gasteiger partial charge in [-0.2, -0.15) is 0 Å². The van der Waals surface area contributed by atoms with Crippen LogP contribution in [-0.2, 0) is 47.7 Å². The summed E-state index contributed by atoms with van der Waals surface area (Å²) in [5.41, 5.74) is -5.09. The summed E-state index contributed by atoms with van der Waals surface area (Å²) in [6.07, 6.45) is -4.23. The average Bonchev–Trinajstić information content (AvgIpc) is 3.63. The summed E-state index contributed by atoms with van der Waals surface area (Å²) in [4.78, 5) is 65.8. The highest BCUT2D eigenvalue weighted by molar-refractivity contribution is 5.88. The fourth-order valence-electron chi connectivity index (χ4n) is 12.4. The lowest BCUT2D eigenvalue weighted by Crippen LogP contribution is -2.70. The fraction of sp³-hybridized carbons (Fsp3) is 0.853. The van der Waals surface area contributed by atoms with Crippen molar-refractivity contribution in [1.82, 2.24) is 0 Å². The van der Waals surface area contributed by atoms with Gasteiger partial charge in [-0.05, 0) is 43.9 Å². The Kier molecular flexibility index (Phi) is 6.78. The van der Waals surface area contributed by atoms with Gasteiger partial charge in [0.15, 0.2) is 11.4 Å². The molecule has 46 heavy (non-hydrogen) atoms. The van der Waals surface area contributed by atoms with Gasteiger partial charge in [0.25, 0.3) is 0 Å². The molecule has 0 bridgehead atoms. The van der Waals surface area contributed by atoms with E-state index in [2.05, 4.69) is 0 Å². The van der Waals surface area contributed by atoms with Gasteiger partial charge in [0.1, 0.15) is 36.6 Å². The lowest BCUT2D eigenvalue weighted by atomic mass is 9.41. The highest BCUT2D eigenvalue weighted by atomic mass is 16.6. The molecule has 12 heteroatoms. The van der Waals surface area contributed by atoms with Crippen LogP contribution < -0.4 is 0 Å². The number of carbonyl (C=O) groups is 5. The maximum atomic E-state index is 14.3. The molecule has 6 unspecified atom stereocenters. The molecule has 7 aliphatic rings. The molecule has 2 saturated heterocycles. The van der Waals surface area contributed by atoms with Crippen LogP contribution in [-0.4, -0.2) is 88.2 Å². The highest BCUT2D eigenvalue weighted by Crippen LogP contribution is 2.75. The molecule has 2 heterocycles. The number of epoxide rings is 1. The van der Waals surface area contributed by atoms with Crippen LogP contribution in [0.4, 0.5) is 0 Å². The SMILES string of the molecule is CC(=O)O[C@@H]1C2C3C(C[C@H](OC(C)=O)[C@]2(C)C2C1[C@]1(C)[C@H](C[C@H]2C)OC(=O)[C@@]1(C)O)[C@]1(C)C(C[C@@H]2O[C@@H]2[C@@H]1OC(C)=O)C(=O)[C@@H]3O. The molecule has 0 aromatic heterocycles. The summed E-state index contributed by atoms with van der Waals surface area (Å²) in [6, 6.07) is 0. The number of fused-ring (bicyclic) bond motifs is 10. The van der Waals surface area contributed by atoms with E-state index in [4.69, 9.17) is 23.7 Å². The van der Waals surface area contributed by atoms with Crippen LogP contribution >= 0.6 is 0 Å². The predicted octanol–water partition coefficient (Wildman–Crippen LogP) is 1.75. The largest absolute Gasteiger partial charge is 0.462 e. The molecule has 5 saturated carbocycles. The molecule has 7 fully saturated rings. The van der Waals surface area contributed by atoms with Gasteiger partial charge in [0.05, 0.1) is 11.5 Å². The first-order valence-corrected chi connectivity index (χ1v) is 16.6. The second kappa shape index (κ2) is 9.75. The third-order valence-corrected chi connectivity index (χ3v) is 14.3. The Hall–Kier alpha value is -2.57. The van der Waals surface area contributed by atoms with E-state index in [-0.39, 0.29) is 30.1 Å². The zero-order chi connectivity index (χ0) is 33.6. The number of aliphatic hydroxyl groups excluding tert-OH is 1. The highest BCUT2D eigenvalue weighted by Gasteiger charge is 2.82. The number of hydrogen-bond donors (Lipinski definition) is 2. The minimum Gasteiger partial charge on any atom is -0.462 e. The third kappa shape index (κ3) is 3.75. The van der Waals surface area contributed by atoms with E-state index in [9.17, 15) is 34.2 Å². The first-order chi connectivity index (χ1) is 21.3. The molecule has 12 nitrogen and oxygen atoms in total. The predicted molar refractivity (Wildman–Crippen MR) is 155 cm³/mol. The van der Waals surface area contributed by atoms with Crippen LogP contribution in [0.15, 0.2) is 0 Å². The number of ether oxygens (including phenoxy) is 5. The molecule has 0 aromatic carbocycles. The zero-order valence-electron chi connectivity index (χ0n) is 27.7. The minimum absolute atomic E-state index is 0.142. The first kappa shape index (κ1) is 32.0. The summed E-state index contributed by atoms with van der Waals surface area (Å²) in [7, 11) is 0. The van der Waals surface area contributed by atoms with E-state index in [0.717, 1.165) is 0 Å². The number of esters is 4. The summed E-state index contributed by atoms with van der Waals surface area (Å²) in [5, 5.41) is 23.9. The van der Waals surface area contributed by atoms with Crippen LogP contribution in [0.5, 0.6) is 0 Å². The number of Topliss-reactive ketones (excluding diaryl/α,β-unsaturated/α-hetero) is 1. The quantitative estimate of drug-likeness (QED) is 0.259. The van der Waals surface area contributed by atoms with E-state index >= 15 is 0 Å². The molecule has 2 aliphatic heterocycles. The Bertz CT molecular complexity index is 1410. The lowest BCUT2D eigenvalue weighted by Gasteiger charge is -2.63. The van der Waals surface area contributed by atoms with Crippen LogP contribution in [0.1, 0.15) is 74.7 Å². The standard InChI is InChI=1S/C34H46O12/c1-12-9-20-33(7,34(8,41)30(40)46-20)24-22(12)32(6)19(42-13(2)35)11-16-21(23(32)28(24)43-14(3)36)26(39)25(38)17-10-18-27(45-18)29(31(16,17)5)44-15(4)37/h12,16-24,26-29,39,41H,9-11H2,1-8H3/t12-,16?,17?,18+,19+,20+,21?,22?,23?,24?,26-,27+,28-,29+,31-,32-,33+,34-/m1/s1. The van der Waals surface area contributed by atoms with Crippen molar-refractivity contribution in [1.29, 1.82) is 0 Å². The Morgan fingerprint density at radius 3 is 2.09 bits per heavy atom. The molecule has 5 aliphatic carbocycles. The average molecular weight is 647 g/mol. The molecule has 0 radical (unpaired) electrons. The normalized spacial score (nSPS) is 56.1. The fourth-order valence-corrected chi connectivity index (χ4v) is 12.4. The third-order valence-electron chi connectivity index (χ3n) is 14.3. The molecule has 0 amide bonds. The molecule has 7 rings (SSSR count). The van der Waals surface area contributed by atoms with Crippen molar-refractivity contribution in [2.45, 2.75) is 123 Å². The smallest absolute Gasteiger partial charge is 0.338 e. The summed E-state index contributed by atoms with van der Waals surface area (Å²) in [5.74, 6) is -6.61. The molecule has 2 N–H and O–H groups in total. The van der Waals surface area contributed by atoms with Crippen molar-refractivity contribution in [2.24, 2.45) is 57.7 Å². The van der Waals surface area contributed by atoms with Crippen LogP contribution in [0.25, 0.3) is 0 Å². The van der Waals surface area contributed by atoms with E-state index in [0.29, 0.717) is 12.8 Å². The Labute approximate surface area is 268 Å². The van der Waals surface area contributed by atoms with Gasteiger partial charge in [-0.15, -0.1) is 0 Å². The monoisotopic (exact) mass is 646 g/mol. The summed E-state index contributed by atoms with van der Waals surface area (Å²) in [6.45, 7) is 13.1. The van der Waals surface area contributed by atoms with E-state index in [1.165, 1.54) is 27.7 Å². The number of aliphatic hydroxyl groups is 2. The second-order valence-corrected chi connectivity index (χ2v) is 16.2. The van der Waals surface area contributed by atoms with Crippen molar-refractivity contribution < 1.29 is 57.9 Å². The summed E-state index contributed by atoms with van der Waals surface area (Å²) >= 11 is 0. The van der Waals surface area contributed by atoms with E-state index < -0.39 is 112 Å². The molecule has 254 valence electrons. The Balaban J connectivity index is 1.46. The maximum absolute atomic E-state index is 14.3. The van der Waals surface area contributed by atoms with Crippen molar-refractivity contribution in [2.75, 3.05) is 0 Å². The maximum Gasteiger partial charge on any atom is 0.338 e. The van der Waals surface area contributed by atoms with E-state index in [1.807, 2.05) is 20.8 Å². The molecule has 0 aromatic rings. The molecular weight excluding hydrogens is 600 g/mol. The van der Waals surface area contributed by atoms with Gasteiger partial charge >= 0.3 is 23.9 Å². The van der Waals surface area contributed by atoms with Gasteiger partial charge in [-0.25, -0.2) is 4.79 Å². The summed E-state index contributed by atoms with van der Waals surface area (Å²) < 4.78 is 30.2. The number of rotatable bonds is 3. The van der Waals surface area contributed by atoms with Crippen LogP contribution in [0.3, 0.4) is 0 Å². The van der Waals surface area contributed by atoms with Crippen molar-refractivity contribution in [3.8, 4) is 0 Å². The van der Waals surface area contributed by atoms with Crippen LogP contribution in [0, 0.1) is 57.7 Å². The zero-order valence-corrected chi connectivity index (χ0v) is 27.7. The molecular formula is C34H46O12. The lowest BCUT2D eigenvalue weighted by molar-refractivity contribution is -0.235. The van der Waals surface area contributed by atoms with Gasteiger partial charge < -0.3 is 33.9 Å². The molecule has 18 atom stereocenters.